The Morgan fingerprint density at radius 1 is 1.00 bits per heavy atom. The molecule has 0 aliphatic carbocycles. The molecular formula is C20H20N3O3+. The van der Waals surface area contributed by atoms with Crippen LogP contribution >= 0.6 is 0 Å². The number of aromatic nitrogens is 3. The first-order valence-electron chi connectivity index (χ1n) is 8.24. The number of Topliss-reactive ketones (excluding diaryl/α,β-unsaturated/α-hetero) is 2. The summed E-state index contributed by atoms with van der Waals surface area (Å²) in [5.41, 5.74) is 2.35. The van der Waals surface area contributed by atoms with Crippen molar-refractivity contribution in [2.24, 2.45) is 0 Å². The number of carbonyl (C=O) groups excluding carboxylic acids is 2. The third-order valence-electron chi connectivity index (χ3n) is 4.05. The van der Waals surface area contributed by atoms with E-state index in [1.807, 2.05) is 31.2 Å². The fourth-order valence-corrected chi connectivity index (χ4v) is 2.54. The maximum absolute atomic E-state index is 12.3. The van der Waals surface area contributed by atoms with Crippen molar-refractivity contribution in [2.75, 3.05) is 7.11 Å². The molecule has 0 aliphatic rings. The zero-order chi connectivity index (χ0) is 18.5. The van der Waals surface area contributed by atoms with E-state index in [9.17, 15) is 9.59 Å². The van der Waals surface area contributed by atoms with Crippen molar-refractivity contribution in [3.8, 4) is 5.75 Å². The van der Waals surface area contributed by atoms with Crippen LogP contribution in [0.4, 0.5) is 0 Å². The van der Waals surface area contributed by atoms with Gasteiger partial charge in [0.15, 0.2) is 18.1 Å². The van der Waals surface area contributed by atoms with Crippen LogP contribution in [0.25, 0.3) is 0 Å². The summed E-state index contributed by atoms with van der Waals surface area (Å²) in [4.78, 5) is 24.6. The third kappa shape index (κ3) is 4.22. The highest BCUT2D eigenvalue weighted by Crippen LogP contribution is 2.11. The molecule has 1 aromatic heterocycles. The highest BCUT2D eigenvalue weighted by molar-refractivity contribution is 5.96. The molecule has 3 rings (SSSR count). The van der Waals surface area contributed by atoms with Gasteiger partial charge >= 0.3 is 0 Å². The molecule has 0 saturated carbocycles. The fraction of sp³-hybridized carbons (Fsp3) is 0.200. The predicted octanol–water partition coefficient (Wildman–Crippen LogP) is 2.25. The lowest BCUT2D eigenvalue weighted by Gasteiger charge is -2.01. The van der Waals surface area contributed by atoms with Gasteiger partial charge in [-0.3, -0.25) is 9.59 Å². The SMILES string of the molecule is COc1ccc(C(=O)C[n+]2cnn(CC(=O)c3ccc(C)cc3)c2)cc1. The zero-order valence-electron chi connectivity index (χ0n) is 14.8. The minimum atomic E-state index is -0.0398. The Balaban J connectivity index is 1.62. The highest BCUT2D eigenvalue weighted by atomic mass is 16.5. The second-order valence-electron chi connectivity index (χ2n) is 6.06. The van der Waals surface area contributed by atoms with Gasteiger partial charge in [0.2, 0.25) is 6.33 Å². The van der Waals surface area contributed by atoms with Crippen molar-refractivity contribution >= 4 is 11.6 Å². The molecule has 0 fully saturated rings. The van der Waals surface area contributed by atoms with E-state index >= 15 is 0 Å². The standard InChI is InChI=1S/C20H20N3O3/c1-15-3-5-16(6-4-15)20(25)12-23-14-22(13-21-23)11-19(24)17-7-9-18(26-2)10-8-17/h3-10,13-14H,11-12H2,1-2H3/q+1. The van der Waals surface area contributed by atoms with E-state index in [0.717, 1.165) is 5.56 Å². The van der Waals surface area contributed by atoms with E-state index in [1.54, 1.807) is 48.6 Å². The number of ether oxygens (including phenoxy) is 1. The molecular weight excluding hydrogens is 330 g/mol. The van der Waals surface area contributed by atoms with E-state index in [-0.39, 0.29) is 24.7 Å². The van der Waals surface area contributed by atoms with Gasteiger partial charge in [-0.15, -0.1) is 4.68 Å². The third-order valence-corrected chi connectivity index (χ3v) is 4.05. The Morgan fingerprint density at radius 2 is 1.62 bits per heavy atom. The quantitative estimate of drug-likeness (QED) is 0.484. The first-order chi connectivity index (χ1) is 12.5. The van der Waals surface area contributed by atoms with Gasteiger partial charge in [-0.25, -0.2) is 4.57 Å². The Labute approximate surface area is 151 Å². The van der Waals surface area contributed by atoms with E-state index in [0.29, 0.717) is 16.9 Å². The number of hydrogen-bond acceptors (Lipinski definition) is 4. The number of nitrogens with zero attached hydrogens (tertiary/aromatic N) is 3. The van der Waals surface area contributed by atoms with Gasteiger partial charge in [-0.05, 0) is 31.2 Å². The van der Waals surface area contributed by atoms with Gasteiger partial charge in [0, 0.05) is 16.2 Å². The highest BCUT2D eigenvalue weighted by Gasteiger charge is 2.15. The van der Waals surface area contributed by atoms with Crippen molar-refractivity contribution in [2.45, 2.75) is 20.0 Å². The molecule has 0 atom stereocenters. The monoisotopic (exact) mass is 350 g/mol. The molecule has 3 aromatic rings. The number of carbonyl (C=O) groups is 2. The molecule has 0 amide bonds. The lowest BCUT2D eigenvalue weighted by Crippen LogP contribution is -2.36. The second-order valence-corrected chi connectivity index (χ2v) is 6.06. The van der Waals surface area contributed by atoms with Gasteiger partial charge < -0.3 is 4.74 Å². The Hall–Kier alpha value is -3.28. The van der Waals surface area contributed by atoms with Crippen molar-refractivity contribution < 1.29 is 18.9 Å². The summed E-state index contributed by atoms with van der Waals surface area (Å²) >= 11 is 0. The minimum absolute atomic E-state index is 0.0262. The molecule has 0 N–H and O–H groups in total. The van der Waals surface area contributed by atoms with E-state index < -0.39 is 0 Å². The molecule has 0 unspecified atom stereocenters. The molecule has 6 heteroatoms. The summed E-state index contributed by atoms with van der Waals surface area (Å²) in [5.74, 6) is 0.639. The largest absolute Gasteiger partial charge is 0.497 e. The molecule has 0 radical (unpaired) electrons. The zero-order valence-corrected chi connectivity index (χ0v) is 14.8. The molecule has 26 heavy (non-hydrogen) atoms. The minimum Gasteiger partial charge on any atom is -0.497 e. The maximum atomic E-state index is 12.3. The first kappa shape index (κ1) is 17.5. The smallest absolute Gasteiger partial charge is 0.265 e. The predicted molar refractivity (Wildman–Crippen MR) is 95.3 cm³/mol. The summed E-state index contributed by atoms with van der Waals surface area (Å²) in [6.45, 7) is 2.27. The summed E-state index contributed by atoms with van der Waals surface area (Å²) in [6.07, 6.45) is 3.21. The number of rotatable bonds is 7. The summed E-state index contributed by atoms with van der Waals surface area (Å²) < 4.78 is 8.28. The van der Waals surface area contributed by atoms with E-state index in [4.69, 9.17) is 4.74 Å². The van der Waals surface area contributed by atoms with Crippen molar-refractivity contribution in [1.82, 2.24) is 9.78 Å². The average Bonchev–Trinajstić information content (AvgIpc) is 3.09. The number of methoxy groups -OCH3 is 1. The summed E-state index contributed by atoms with van der Waals surface area (Å²) in [7, 11) is 1.58. The van der Waals surface area contributed by atoms with Gasteiger partial charge in [0.05, 0.1) is 7.11 Å². The van der Waals surface area contributed by atoms with E-state index in [1.165, 1.54) is 4.68 Å². The van der Waals surface area contributed by atoms with Gasteiger partial charge in [0.1, 0.15) is 12.3 Å². The maximum Gasteiger partial charge on any atom is 0.265 e. The Bertz CT molecular complexity index is 912. The van der Waals surface area contributed by atoms with Crippen LogP contribution in [-0.2, 0) is 13.1 Å². The number of aryl methyl sites for hydroxylation is 1. The van der Waals surface area contributed by atoms with Crippen LogP contribution in [0.1, 0.15) is 26.3 Å². The van der Waals surface area contributed by atoms with E-state index in [2.05, 4.69) is 5.10 Å². The van der Waals surface area contributed by atoms with Crippen molar-refractivity contribution in [3.63, 3.8) is 0 Å². The van der Waals surface area contributed by atoms with Crippen molar-refractivity contribution in [3.05, 3.63) is 77.9 Å². The molecule has 2 aromatic carbocycles. The Morgan fingerprint density at radius 3 is 2.27 bits per heavy atom. The second kappa shape index (κ2) is 7.74. The molecule has 0 bridgehead atoms. The molecule has 0 saturated heterocycles. The van der Waals surface area contributed by atoms with Crippen LogP contribution in [0.5, 0.6) is 5.75 Å². The van der Waals surface area contributed by atoms with Crippen LogP contribution < -0.4 is 9.30 Å². The van der Waals surface area contributed by atoms with Crippen LogP contribution in [0, 0.1) is 6.92 Å². The Kier molecular flexibility index (Phi) is 5.22. The molecule has 0 spiro atoms. The molecule has 1 heterocycles. The van der Waals surface area contributed by atoms with Gasteiger partial charge in [0.25, 0.3) is 6.33 Å². The fourth-order valence-electron chi connectivity index (χ4n) is 2.54. The lowest BCUT2D eigenvalue weighted by molar-refractivity contribution is -0.683. The van der Waals surface area contributed by atoms with Gasteiger partial charge in [-0.2, -0.15) is 0 Å². The van der Waals surface area contributed by atoms with Gasteiger partial charge in [-0.1, -0.05) is 29.8 Å². The normalized spacial score (nSPS) is 10.5. The molecule has 6 nitrogen and oxygen atoms in total. The molecule has 132 valence electrons. The number of ketones is 2. The van der Waals surface area contributed by atoms with Crippen LogP contribution in [0.3, 0.4) is 0 Å². The van der Waals surface area contributed by atoms with Crippen molar-refractivity contribution in [1.29, 1.82) is 0 Å². The first-order valence-corrected chi connectivity index (χ1v) is 8.24. The topological polar surface area (TPSA) is 65.1 Å². The van der Waals surface area contributed by atoms with Crippen LogP contribution in [-0.4, -0.2) is 28.5 Å². The average molecular weight is 350 g/mol. The number of hydrogen-bond donors (Lipinski definition) is 0. The molecule has 0 aliphatic heterocycles. The summed E-state index contributed by atoms with van der Waals surface area (Å²) in [6, 6.07) is 14.4. The number of benzene rings is 2. The van der Waals surface area contributed by atoms with Crippen LogP contribution in [0.2, 0.25) is 0 Å². The lowest BCUT2D eigenvalue weighted by atomic mass is 10.1. The van der Waals surface area contributed by atoms with Crippen LogP contribution in [0.15, 0.2) is 61.2 Å². The summed E-state index contributed by atoms with van der Waals surface area (Å²) in [5, 5.41) is 4.16.